The van der Waals surface area contributed by atoms with E-state index < -0.39 is 21.9 Å². The Morgan fingerprint density at radius 3 is 2.38 bits per heavy atom. The van der Waals surface area contributed by atoms with Crippen LogP contribution in [0.3, 0.4) is 0 Å². The van der Waals surface area contributed by atoms with Crippen molar-refractivity contribution in [2.75, 3.05) is 5.32 Å². The average molecular weight is 357 g/mol. The van der Waals surface area contributed by atoms with Gasteiger partial charge >= 0.3 is 0 Å². The summed E-state index contributed by atoms with van der Waals surface area (Å²) in [5.74, 6) is -1.94. The van der Waals surface area contributed by atoms with Crippen LogP contribution in [-0.2, 0) is 4.79 Å². The molecule has 1 N–H and O–H groups in total. The molecule has 0 unspecified atom stereocenters. The monoisotopic (exact) mass is 355 g/mol. The highest BCUT2D eigenvalue weighted by atomic mass is 79.9. The Morgan fingerprint density at radius 2 is 1.88 bits per heavy atom. The largest absolute Gasteiger partial charge is 0.322 e. The second-order valence-corrected chi connectivity index (χ2v) is 6.51. The molecule has 1 aromatic rings. The Morgan fingerprint density at radius 1 is 1.31 bits per heavy atom. The summed E-state index contributed by atoms with van der Waals surface area (Å²) in [6.45, 7) is 3.25. The summed E-state index contributed by atoms with van der Waals surface area (Å²) in [4.78, 5) is 11.5. The highest BCUT2D eigenvalue weighted by Gasteiger charge is 2.24. The van der Waals surface area contributed by atoms with Gasteiger partial charge in [0.25, 0.3) is 0 Å². The van der Waals surface area contributed by atoms with Crippen LogP contribution >= 0.6 is 31.9 Å². The number of benzene rings is 1. The van der Waals surface area contributed by atoms with Gasteiger partial charge in [0.05, 0.1) is 14.5 Å². The van der Waals surface area contributed by atoms with E-state index in [1.54, 1.807) is 13.8 Å². The molecule has 6 heteroatoms. The van der Waals surface area contributed by atoms with Gasteiger partial charge in [0, 0.05) is 6.07 Å². The molecule has 0 atom stereocenters. The first-order valence-electron chi connectivity index (χ1n) is 4.36. The lowest BCUT2D eigenvalue weighted by Crippen LogP contribution is -2.31. The van der Waals surface area contributed by atoms with Crippen molar-refractivity contribution in [3.8, 4) is 0 Å². The summed E-state index contributed by atoms with van der Waals surface area (Å²) in [5, 5.41) is 2.36. The van der Waals surface area contributed by atoms with E-state index in [0.29, 0.717) is 6.07 Å². The van der Waals surface area contributed by atoms with Crippen molar-refractivity contribution in [3.05, 3.63) is 28.2 Å². The predicted octanol–water partition coefficient (Wildman–Crippen LogP) is 3.84. The first kappa shape index (κ1) is 13.6. The van der Waals surface area contributed by atoms with Crippen LogP contribution in [0.5, 0.6) is 0 Å². The number of anilines is 1. The van der Waals surface area contributed by atoms with E-state index >= 15 is 0 Å². The highest BCUT2D eigenvalue weighted by molar-refractivity contribution is 9.10. The lowest BCUT2D eigenvalue weighted by molar-refractivity contribution is -0.117. The summed E-state index contributed by atoms with van der Waals surface area (Å²) < 4.78 is 25.5. The van der Waals surface area contributed by atoms with Gasteiger partial charge in [-0.2, -0.15) is 0 Å². The smallest absolute Gasteiger partial charge is 0.240 e. The predicted molar refractivity (Wildman–Crippen MR) is 65.7 cm³/mol. The van der Waals surface area contributed by atoms with Crippen LogP contribution < -0.4 is 5.32 Å². The molecule has 0 spiro atoms. The van der Waals surface area contributed by atoms with Crippen LogP contribution in [0.2, 0.25) is 0 Å². The zero-order valence-electron chi connectivity index (χ0n) is 8.57. The minimum Gasteiger partial charge on any atom is -0.322 e. The van der Waals surface area contributed by atoms with Crippen molar-refractivity contribution in [2.45, 2.75) is 18.2 Å². The lowest BCUT2D eigenvalue weighted by Gasteiger charge is -2.16. The fourth-order valence-electron chi connectivity index (χ4n) is 0.889. The van der Waals surface area contributed by atoms with E-state index in [4.69, 9.17) is 0 Å². The van der Waals surface area contributed by atoms with Gasteiger partial charge in [0.15, 0.2) is 0 Å². The van der Waals surface area contributed by atoms with Crippen LogP contribution in [0, 0.1) is 11.6 Å². The van der Waals surface area contributed by atoms with E-state index in [9.17, 15) is 13.6 Å². The number of alkyl halides is 1. The van der Waals surface area contributed by atoms with E-state index in [0.717, 1.165) is 0 Å². The van der Waals surface area contributed by atoms with Crippen LogP contribution in [0.1, 0.15) is 13.8 Å². The number of hydrogen-bond acceptors (Lipinski definition) is 1. The van der Waals surface area contributed by atoms with Crippen LogP contribution in [0.25, 0.3) is 0 Å². The van der Waals surface area contributed by atoms with Gasteiger partial charge in [-0.15, -0.1) is 0 Å². The summed E-state index contributed by atoms with van der Waals surface area (Å²) in [6.07, 6.45) is 0. The molecule has 16 heavy (non-hydrogen) atoms. The Balaban J connectivity index is 2.99. The third-order valence-corrected chi connectivity index (χ3v) is 2.77. The van der Waals surface area contributed by atoms with Crippen molar-refractivity contribution < 1.29 is 13.6 Å². The Labute approximate surface area is 109 Å². The van der Waals surface area contributed by atoms with Gasteiger partial charge in [0.1, 0.15) is 11.6 Å². The highest BCUT2D eigenvalue weighted by Crippen LogP contribution is 2.25. The molecule has 2 nitrogen and oxygen atoms in total. The molecule has 0 aliphatic carbocycles. The molecule has 88 valence electrons. The second-order valence-electron chi connectivity index (χ2n) is 3.67. The zero-order chi connectivity index (χ0) is 12.5. The maximum atomic E-state index is 13.3. The van der Waals surface area contributed by atoms with E-state index in [1.807, 2.05) is 0 Å². The summed E-state index contributed by atoms with van der Waals surface area (Å²) in [7, 11) is 0. The van der Waals surface area contributed by atoms with Gasteiger partial charge in [0.2, 0.25) is 5.91 Å². The van der Waals surface area contributed by atoms with Crippen LogP contribution in [0.15, 0.2) is 16.6 Å². The number of carbonyl (C=O) groups excluding carboxylic acids is 1. The maximum Gasteiger partial charge on any atom is 0.240 e. The maximum absolute atomic E-state index is 13.3. The first-order valence-corrected chi connectivity index (χ1v) is 5.95. The minimum absolute atomic E-state index is 0.0641. The molecule has 1 aromatic carbocycles. The van der Waals surface area contributed by atoms with Crippen molar-refractivity contribution in [3.63, 3.8) is 0 Å². The van der Waals surface area contributed by atoms with Gasteiger partial charge in [-0.25, -0.2) is 8.78 Å². The lowest BCUT2D eigenvalue weighted by atomic mass is 10.2. The van der Waals surface area contributed by atoms with E-state index in [2.05, 4.69) is 37.2 Å². The van der Waals surface area contributed by atoms with E-state index in [1.165, 1.54) is 6.07 Å². The molecule has 0 aliphatic rings. The number of amides is 1. The summed E-state index contributed by atoms with van der Waals surface area (Å²) >= 11 is 6.05. The summed E-state index contributed by atoms with van der Waals surface area (Å²) in [6, 6.07) is 1.89. The standard InChI is InChI=1S/C10H9Br2F2NO/c1-10(2,12)9(16)15-8-3-5(11)6(13)4-7(8)14/h3-4H,1-2H3,(H,15,16). The van der Waals surface area contributed by atoms with Crippen LogP contribution in [0.4, 0.5) is 14.5 Å². The molecule has 0 saturated carbocycles. The number of nitrogens with one attached hydrogen (secondary N) is 1. The van der Waals surface area contributed by atoms with Crippen molar-refractivity contribution in [1.82, 2.24) is 0 Å². The molecular formula is C10H9Br2F2NO. The molecule has 0 aliphatic heterocycles. The Hall–Kier alpha value is -0.490. The molecule has 0 saturated heterocycles. The molecule has 1 rings (SSSR count). The second kappa shape index (κ2) is 4.79. The fourth-order valence-corrected chi connectivity index (χ4v) is 1.33. The number of hydrogen-bond donors (Lipinski definition) is 1. The molecule has 1 amide bonds. The van der Waals surface area contributed by atoms with Gasteiger partial charge < -0.3 is 5.32 Å². The molecule has 0 radical (unpaired) electrons. The zero-order valence-corrected chi connectivity index (χ0v) is 11.7. The normalized spacial score (nSPS) is 11.4. The topological polar surface area (TPSA) is 29.1 Å². The Kier molecular flexibility index (Phi) is 4.07. The van der Waals surface area contributed by atoms with Gasteiger partial charge in [-0.3, -0.25) is 4.79 Å². The number of rotatable bonds is 2. The molecular weight excluding hydrogens is 348 g/mol. The fraction of sp³-hybridized carbons (Fsp3) is 0.300. The summed E-state index contributed by atoms with van der Waals surface area (Å²) in [5.41, 5.74) is -0.0641. The third kappa shape index (κ3) is 3.25. The quantitative estimate of drug-likeness (QED) is 0.633. The van der Waals surface area contributed by atoms with Gasteiger partial charge in [-0.1, -0.05) is 15.9 Å². The van der Waals surface area contributed by atoms with Crippen molar-refractivity contribution in [2.24, 2.45) is 0 Å². The van der Waals surface area contributed by atoms with Crippen molar-refractivity contribution >= 4 is 43.5 Å². The number of halogens is 4. The third-order valence-electron chi connectivity index (χ3n) is 1.80. The molecule has 0 fully saturated rings. The molecule has 0 heterocycles. The first-order chi connectivity index (χ1) is 7.21. The van der Waals surface area contributed by atoms with Crippen LogP contribution in [-0.4, -0.2) is 10.2 Å². The van der Waals surface area contributed by atoms with E-state index in [-0.39, 0.29) is 10.2 Å². The molecule has 0 bridgehead atoms. The minimum atomic E-state index is -0.819. The van der Waals surface area contributed by atoms with Crippen molar-refractivity contribution in [1.29, 1.82) is 0 Å². The average Bonchev–Trinajstić information content (AvgIpc) is 2.12. The Bertz CT molecular complexity index is 430. The SMILES string of the molecule is CC(C)(Br)C(=O)Nc1cc(Br)c(F)cc1F. The molecule has 0 aromatic heterocycles. The number of carbonyl (C=O) groups is 1. The van der Waals surface area contributed by atoms with Gasteiger partial charge in [-0.05, 0) is 35.8 Å².